The van der Waals surface area contributed by atoms with Crippen molar-refractivity contribution in [2.24, 2.45) is 0 Å². The summed E-state index contributed by atoms with van der Waals surface area (Å²) < 4.78 is 0. The van der Waals surface area contributed by atoms with Crippen LogP contribution in [0.4, 0.5) is 0 Å². The van der Waals surface area contributed by atoms with Crippen molar-refractivity contribution in [1.29, 1.82) is 0 Å². The van der Waals surface area contributed by atoms with Gasteiger partial charge in [-0.15, -0.1) is 11.3 Å². The second-order valence-electron chi connectivity index (χ2n) is 6.72. The number of benzene rings is 1. The third-order valence-corrected chi connectivity index (χ3v) is 6.23. The number of piperazine rings is 1. The highest BCUT2D eigenvalue weighted by Crippen LogP contribution is 2.33. The van der Waals surface area contributed by atoms with Crippen LogP contribution in [0.5, 0.6) is 0 Å². The Morgan fingerprint density at radius 3 is 2.50 bits per heavy atom. The molecule has 0 spiro atoms. The van der Waals surface area contributed by atoms with Crippen LogP contribution in [0.15, 0.2) is 61.1 Å². The SMILES string of the molecule is O=C(/C=C/c1ccc(-c2ccccc2Cl)s1)N1CCN(C(=O)c2cnccn2)CC1. The van der Waals surface area contributed by atoms with Crippen LogP contribution < -0.4 is 0 Å². The number of nitrogens with zero attached hydrogens (tertiary/aromatic N) is 4. The van der Waals surface area contributed by atoms with E-state index < -0.39 is 0 Å². The van der Waals surface area contributed by atoms with Crippen LogP contribution in [0.1, 0.15) is 15.4 Å². The lowest BCUT2D eigenvalue weighted by atomic mass is 10.2. The first-order valence-electron chi connectivity index (χ1n) is 9.49. The molecule has 0 saturated carbocycles. The van der Waals surface area contributed by atoms with E-state index in [-0.39, 0.29) is 11.8 Å². The average molecular weight is 439 g/mol. The van der Waals surface area contributed by atoms with Crippen molar-refractivity contribution in [3.05, 3.63) is 76.7 Å². The topological polar surface area (TPSA) is 66.4 Å². The maximum absolute atomic E-state index is 12.5. The van der Waals surface area contributed by atoms with Gasteiger partial charge in [-0.25, -0.2) is 4.98 Å². The summed E-state index contributed by atoms with van der Waals surface area (Å²) in [7, 11) is 0. The first-order chi connectivity index (χ1) is 14.6. The zero-order valence-corrected chi connectivity index (χ0v) is 17.6. The predicted molar refractivity (Wildman–Crippen MR) is 118 cm³/mol. The molecule has 1 aliphatic rings. The molecule has 1 fully saturated rings. The van der Waals surface area contributed by atoms with Crippen LogP contribution in [0.25, 0.3) is 16.5 Å². The van der Waals surface area contributed by atoms with Gasteiger partial charge >= 0.3 is 0 Å². The van der Waals surface area contributed by atoms with Gasteiger partial charge in [-0.3, -0.25) is 14.6 Å². The number of thiophene rings is 1. The lowest BCUT2D eigenvalue weighted by molar-refractivity contribution is -0.127. The van der Waals surface area contributed by atoms with E-state index in [0.717, 1.165) is 15.3 Å². The van der Waals surface area contributed by atoms with E-state index in [9.17, 15) is 9.59 Å². The van der Waals surface area contributed by atoms with E-state index in [1.165, 1.54) is 18.6 Å². The van der Waals surface area contributed by atoms with Gasteiger partial charge < -0.3 is 9.80 Å². The van der Waals surface area contributed by atoms with Crippen molar-refractivity contribution >= 4 is 40.8 Å². The Morgan fingerprint density at radius 1 is 1.00 bits per heavy atom. The fourth-order valence-corrected chi connectivity index (χ4v) is 4.45. The largest absolute Gasteiger partial charge is 0.336 e. The van der Waals surface area contributed by atoms with Gasteiger partial charge in [-0.1, -0.05) is 29.8 Å². The normalized spacial score (nSPS) is 14.3. The Morgan fingerprint density at radius 2 is 1.77 bits per heavy atom. The monoisotopic (exact) mass is 438 g/mol. The minimum atomic E-state index is -0.156. The van der Waals surface area contributed by atoms with Crippen molar-refractivity contribution in [3.63, 3.8) is 0 Å². The van der Waals surface area contributed by atoms with Gasteiger partial charge in [0.15, 0.2) is 0 Å². The summed E-state index contributed by atoms with van der Waals surface area (Å²) in [6, 6.07) is 11.7. The number of carbonyl (C=O) groups is 2. The molecule has 1 saturated heterocycles. The standard InChI is InChI=1S/C22H19ClN4O2S/c23-18-4-2-1-3-17(18)20-7-5-16(30-20)6-8-21(28)26-11-13-27(14-12-26)22(29)19-15-24-9-10-25-19/h1-10,15H,11-14H2/b8-6+. The minimum absolute atomic E-state index is 0.0608. The summed E-state index contributed by atoms with van der Waals surface area (Å²) >= 11 is 7.85. The molecule has 3 aromatic rings. The molecule has 3 heterocycles. The summed E-state index contributed by atoms with van der Waals surface area (Å²) in [5.41, 5.74) is 1.31. The zero-order chi connectivity index (χ0) is 20.9. The fourth-order valence-electron chi connectivity index (χ4n) is 3.21. The van der Waals surface area contributed by atoms with Crippen molar-refractivity contribution in [2.75, 3.05) is 26.2 Å². The van der Waals surface area contributed by atoms with Crippen LogP contribution in [0.3, 0.4) is 0 Å². The fraction of sp³-hybridized carbons (Fsp3) is 0.182. The summed E-state index contributed by atoms with van der Waals surface area (Å²) in [5, 5.41) is 0.708. The number of halogens is 1. The number of hydrogen-bond acceptors (Lipinski definition) is 5. The maximum Gasteiger partial charge on any atom is 0.274 e. The quantitative estimate of drug-likeness (QED) is 0.580. The molecule has 6 nitrogen and oxygen atoms in total. The second-order valence-corrected chi connectivity index (χ2v) is 8.25. The highest BCUT2D eigenvalue weighted by Gasteiger charge is 2.24. The Balaban J connectivity index is 1.34. The lowest BCUT2D eigenvalue weighted by Gasteiger charge is -2.34. The molecule has 1 aromatic carbocycles. The van der Waals surface area contributed by atoms with Gasteiger partial charge in [0, 0.05) is 65.0 Å². The predicted octanol–water partition coefficient (Wildman–Crippen LogP) is 3.86. The Hall–Kier alpha value is -3.03. The molecule has 0 N–H and O–H groups in total. The molecular weight excluding hydrogens is 420 g/mol. The van der Waals surface area contributed by atoms with Crippen molar-refractivity contribution in [3.8, 4) is 10.4 Å². The summed E-state index contributed by atoms with van der Waals surface area (Å²) in [6.45, 7) is 1.93. The molecule has 0 unspecified atom stereocenters. The molecule has 152 valence electrons. The number of carbonyl (C=O) groups excluding carboxylic acids is 2. The highest BCUT2D eigenvalue weighted by molar-refractivity contribution is 7.16. The molecule has 0 atom stereocenters. The minimum Gasteiger partial charge on any atom is -0.336 e. The van der Waals surface area contributed by atoms with E-state index in [1.54, 1.807) is 27.2 Å². The molecule has 0 radical (unpaired) electrons. The first-order valence-corrected chi connectivity index (χ1v) is 10.7. The van der Waals surface area contributed by atoms with Crippen LogP contribution in [-0.2, 0) is 4.79 Å². The van der Waals surface area contributed by atoms with Crippen LogP contribution in [-0.4, -0.2) is 57.8 Å². The number of hydrogen-bond donors (Lipinski definition) is 0. The second kappa shape index (κ2) is 9.19. The van der Waals surface area contributed by atoms with E-state index in [4.69, 9.17) is 11.6 Å². The molecular formula is C22H19ClN4O2S. The third kappa shape index (κ3) is 4.58. The Labute approximate surface area is 183 Å². The van der Waals surface area contributed by atoms with Crippen LogP contribution >= 0.6 is 22.9 Å². The van der Waals surface area contributed by atoms with Crippen molar-refractivity contribution < 1.29 is 9.59 Å². The first kappa shape index (κ1) is 20.3. The molecule has 2 aromatic heterocycles. The van der Waals surface area contributed by atoms with Gasteiger partial charge in [0.25, 0.3) is 5.91 Å². The zero-order valence-electron chi connectivity index (χ0n) is 16.1. The van der Waals surface area contributed by atoms with Crippen LogP contribution in [0, 0.1) is 0 Å². The maximum atomic E-state index is 12.5. The number of aromatic nitrogens is 2. The number of rotatable bonds is 4. The van der Waals surface area contributed by atoms with Crippen molar-refractivity contribution in [1.82, 2.24) is 19.8 Å². The van der Waals surface area contributed by atoms with Crippen molar-refractivity contribution in [2.45, 2.75) is 0 Å². The molecule has 4 rings (SSSR count). The molecule has 0 bridgehead atoms. The Bertz CT molecular complexity index is 1080. The van der Waals surface area contributed by atoms with E-state index in [2.05, 4.69) is 9.97 Å². The summed E-state index contributed by atoms with van der Waals surface area (Å²) in [4.78, 5) is 38.4. The van der Waals surface area contributed by atoms with E-state index in [1.807, 2.05) is 42.5 Å². The van der Waals surface area contributed by atoms with Gasteiger partial charge in [0.05, 0.1) is 6.20 Å². The molecule has 30 heavy (non-hydrogen) atoms. The molecule has 1 aliphatic heterocycles. The molecule has 0 aliphatic carbocycles. The summed E-state index contributed by atoms with van der Waals surface area (Å²) in [6.07, 6.45) is 7.90. The highest BCUT2D eigenvalue weighted by atomic mass is 35.5. The van der Waals surface area contributed by atoms with Gasteiger partial charge in [0.1, 0.15) is 5.69 Å². The van der Waals surface area contributed by atoms with Gasteiger partial charge in [0.2, 0.25) is 5.91 Å². The molecule has 8 heteroatoms. The van der Waals surface area contributed by atoms with Gasteiger partial charge in [-0.2, -0.15) is 0 Å². The van der Waals surface area contributed by atoms with Crippen LogP contribution in [0.2, 0.25) is 5.02 Å². The third-order valence-electron chi connectivity index (χ3n) is 4.82. The lowest BCUT2D eigenvalue weighted by Crippen LogP contribution is -2.50. The average Bonchev–Trinajstić information content (AvgIpc) is 3.27. The van der Waals surface area contributed by atoms with Gasteiger partial charge in [-0.05, 0) is 24.3 Å². The Kier molecular flexibility index (Phi) is 6.21. The number of amides is 2. The summed E-state index contributed by atoms with van der Waals surface area (Å²) in [5.74, 6) is -0.217. The van der Waals surface area contributed by atoms with E-state index >= 15 is 0 Å². The van der Waals surface area contributed by atoms with E-state index in [0.29, 0.717) is 36.9 Å². The molecule has 2 amide bonds. The smallest absolute Gasteiger partial charge is 0.274 e.